The quantitative estimate of drug-likeness (QED) is 0.412. The van der Waals surface area contributed by atoms with Crippen LogP contribution in [0.2, 0.25) is 0 Å². The normalized spacial score (nSPS) is 16.7. The zero-order valence-electron chi connectivity index (χ0n) is 13.5. The van der Waals surface area contributed by atoms with Crippen molar-refractivity contribution in [2.45, 2.75) is 50.9 Å². The molecule has 1 aliphatic carbocycles. The number of rotatable bonds is 3. The fourth-order valence-corrected chi connectivity index (χ4v) is 2.87. The number of hydrogen-bond donors (Lipinski definition) is 2. The smallest absolute Gasteiger partial charge is 0.370 e. The first kappa shape index (κ1) is 19.7. The molecule has 0 amide bonds. The van der Waals surface area contributed by atoms with Crippen LogP contribution >= 0.6 is 24.0 Å². The Hall–Kier alpha value is -1.59. The number of nitrogens with zero attached hydrogens (tertiary/aromatic N) is 4. The molecule has 1 aliphatic rings. The molecule has 10 heteroatoms. The number of nitrogens with one attached hydrogen (secondary N) is 1. The summed E-state index contributed by atoms with van der Waals surface area (Å²) in [5.41, 5.74) is 5.45. The number of hydrogen-bond acceptors (Lipinski definition) is 3. The lowest BCUT2D eigenvalue weighted by Crippen LogP contribution is -2.41. The van der Waals surface area contributed by atoms with Crippen molar-refractivity contribution in [1.82, 2.24) is 19.9 Å². The van der Waals surface area contributed by atoms with E-state index in [2.05, 4.69) is 20.5 Å². The fourth-order valence-electron chi connectivity index (χ4n) is 2.87. The second kappa shape index (κ2) is 8.19. The van der Waals surface area contributed by atoms with Gasteiger partial charge < -0.3 is 11.1 Å². The second-order valence-corrected chi connectivity index (χ2v) is 5.94. The zero-order chi connectivity index (χ0) is 17.2. The zero-order valence-corrected chi connectivity index (χ0v) is 15.8. The lowest BCUT2D eigenvalue weighted by Gasteiger charge is -2.23. The van der Waals surface area contributed by atoms with E-state index >= 15 is 0 Å². The van der Waals surface area contributed by atoms with Crippen LogP contribution in [0.25, 0.3) is 5.65 Å². The summed E-state index contributed by atoms with van der Waals surface area (Å²) in [5, 5.41) is 10.9. The van der Waals surface area contributed by atoms with Gasteiger partial charge in [0, 0.05) is 12.2 Å². The molecule has 0 spiro atoms. The van der Waals surface area contributed by atoms with E-state index in [1.807, 2.05) is 0 Å². The molecule has 0 aromatic carbocycles. The highest BCUT2D eigenvalue weighted by Gasteiger charge is 2.31. The SMILES string of the molecule is I.NC(=NCc1nnc2ccc(C(F)(F)F)cn12)NC1CCCCC1. The van der Waals surface area contributed by atoms with Crippen molar-refractivity contribution < 1.29 is 13.2 Å². The Balaban J connectivity index is 0.00000225. The predicted octanol–water partition coefficient (Wildman–Crippen LogP) is 3.10. The van der Waals surface area contributed by atoms with Crippen molar-refractivity contribution in [3.63, 3.8) is 0 Å². The van der Waals surface area contributed by atoms with Gasteiger partial charge in [0.1, 0.15) is 6.54 Å². The molecule has 0 aliphatic heterocycles. The lowest BCUT2D eigenvalue weighted by atomic mass is 9.96. The maximum Gasteiger partial charge on any atom is 0.417 e. The van der Waals surface area contributed by atoms with Gasteiger partial charge in [0.15, 0.2) is 17.4 Å². The molecular weight excluding hydrogens is 448 g/mol. The molecule has 3 rings (SSSR count). The van der Waals surface area contributed by atoms with Crippen LogP contribution in [0.15, 0.2) is 23.3 Å². The molecule has 25 heavy (non-hydrogen) atoms. The Bertz CT molecular complexity index is 736. The van der Waals surface area contributed by atoms with Crippen molar-refractivity contribution in [3.05, 3.63) is 29.7 Å². The summed E-state index contributed by atoms with van der Waals surface area (Å²) in [7, 11) is 0. The molecule has 0 saturated heterocycles. The van der Waals surface area contributed by atoms with E-state index in [4.69, 9.17) is 5.73 Å². The van der Waals surface area contributed by atoms with Crippen LogP contribution < -0.4 is 11.1 Å². The molecule has 3 N–H and O–H groups in total. The summed E-state index contributed by atoms with van der Waals surface area (Å²) in [4.78, 5) is 4.18. The predicted molar refractivity (Wildman–Crippen MR) is 98.7 cm³/mol. The molecule has 2 heterocycles. The third kappa shape index (κ3) is 4.95. The largest absolute Gasteiger partial charge is 0.417 e. The summed E-state index contributed by atoms with van der Waals surface area (Å²) in [6, 6.07) is 2.58. The Morgan fingerprint density at radius 2 is 1.96 bits per heavy atom. The highest BCUT2D eigenvalue weighted by Crippen LogP contribution is 2.29. The highest BCUT2D eigenvalue weighted by molar-refractivity contribution is 14.0. The molecular formula is C15H20F3IN6. The molecule has 6 nitrogen and oxygen atoms in total. The molecule has 1 saturated carbocycles. The van der Waals surface area contributed by atoms with Gasteiger partial charge in [0.25, 0.3) is 0 Å². The molecule has 0 unspecified atom stereocenters. The van der Waals surface area contributed by atoms with Crippen LogP contribution in [0.5, 0.6) is 0 Å². The summed E-state index contributed by atoms with van der Waals surface area (Å²) in [6.45, 7) is 0.0635. The van der Waals surface area contributed by atoms with Crippen LogP contribution in [0.1, 0.15) is 43.5 Å². The minimum Gasteiger partial charge on any atom is -0.370 e. The molecule has 138 valence electrons. The maximum atomic E-state index is 12.8. The van der Waals surface area contributed by atoms with Crippen molar-refractivity contribution >= 4 is 35.6 Å². The van der Waals surface area contributed by atoms with E-state index in [1.54, 1.807) is 0 Å². The average Bonchev–Trinajstić information content (AvgIpc) is 2.95. The second-order valence-electron chi connectivity index (χ2n) is 5.94. The number of guanidine groups is 1. The van der Waals surface area contributed by atoms with Crippen molar-refractivity contribution in [1.29, 1.82) is 0 Å². The van der Waals surface area contributed by atoms with Gasteiger partial charge >= 0.3 is 6.18 Å². The van der Waals surface area contributed by atoms with Crippen LogP contribution in [0.3, 0.4) is 0 Å². The molecule has 1 fully saturated rings. The van der Waals surface area contributed by atoms with Crippen molar-refractivity contribution in [2.75, 3.05) is 0 Å². The maximum absolute atomic E-state index is 12.8. The first-order valence-electron chi connectivity index (χ1n) is 7.91. The summed E-state index contributed by atoms with van der Waals surface area (Å²) in [5.74, 6) is 0.593. The van der Waals surface area contributed by atoms with Crippen LogP contribution in [0, 0.1) is 0 Å². The molecule has 0 atom stereocenters. The van der Waals surface area contributed by atoms with E-state index in [0.717, 1.165) is 25.1 Å². The van der Waals surface area contributed by atoms with E-state index < -0.39 is 11.7 Å². The van der Waals surface area contributed by atoms with Crippen LogP contribution in [-0.2, 0) is 12.7 Å². The van der Waals surface area contributed by atoms with E-state index in [1.165, 1.54) is 29.7 Å². The third-order valence-electron chi connectivity index (χ3n) is 4.15. The van der Waals surface area contributed by atoms with Gasteiger partial charge in [-0.05, 0) is 25.0 Å². The van der Waals surface area contributed by atoms with Gasteiger partial charge in [0.05, 0.1) is 5.56 Å². The average molecular weight is 468 g/mol. The van der Waals surface area contributed by atoms with Crippen molar-refractivity contribution in [2.24, 2.45) is 10.7 Å². The number of nitrogens with two attached hydrogens (primary N) is 1. The van der Waals surface area contributed by atoms with Gasteiger partial charge in [-0.3, -0.25) is 4.40 Å². The van der Waals surface area contributed by atoms with E-state index in [9.17, 15) is 13.2 Å². The van der Waals surface area contributed by atoms with Gasteiger partial charge in [-0.1, -0.05) is 19.3 Å². The van der Waals surface area contributed by atoms with Gasteiger partial charge in [-0.2, -0.15) is 13.2 Å². The summed E-state index contributed by atoms with van der Waals surface area (Å²) >= 11 is 0. The van der Waals surface area contributed by atoms with Gasteiger partial charge in [-0.25, -0.2) is 4.99 Å². The summed E-state index contributed by atoms with van der Waals surface area (Å²) in [6.07, 6.45) is 2.24. The number of pyridine rings is 1. The lowest BCUT2D eigenvalue weighted by molar-refractivity contribution is -0.137. The number of aromatic nitrogens is 3. The Morgan fingerprint density at radius 3 is 2.64 bits per heavy atom. The van der Waals surface area contributed by atoms with Crippen LogP contribution in [-0.4, -0.2) is 26.6 Å². The minimum absolute atomic E-state index is 0. The number of fused-ring (bicyclic) bond motifs is 1. The number of alkyl halides is 3. The Labute approximate surface area is 160 Å². The Kier molecular flexibility index (Phi) is 6.47. The third-order valence-corrected chi connectivity index (χ3v) is 4.15. The monoisotopic (exact) mass is 468 g/mol. The Morgan fingerprint density at radius 1 is 1.24 bits per heavy atom. The van der Waals surface area contributed by atoms with Gasteiger partial charge in [-0.15, -0.1) is 34.2 Å². The fraction of sp³-hybridized carbons (Fsp3) is 0.533. The summed E-state index contributed by atoms with van der Waals surface area (Å²) < 4.78 is 39.7. The van der Waals surface area contributed by atoms with E-state index in [0.29, 0.717) is 17.5 Å². The van der Waals surface area contributed by atoms with Crippen LogP contribution in [0.4, 0.5) is 13.2 Å². The topological polar surface area (TPSA) is 80.6 Å². The molecule has 0 radical (unpaired) electrons. The van der Waals surface area contributed by atoms with Gasteiger partial charge in [0.2, 0.25) is 0 Å². The number of aliphatic imine (C=N–C) groups is 1. The molecule has 2 aromatic heterocycles. The first-order chi connectivity index (χ1) is 11.4. The van der Waals surface area contributed by atoms with E-state index in [-0.39, 0.29) is 36.5 Å². The molecule has 2 aromatic rings. The minimum atomic E-state index is -4.42. The van der Waals surface area contributed by atoms with Crippen molar-refractivity contribution in [3.8, 4) is 0 Å². The first-order valence-corrected chi connectivity index (χ1v) is 7.91. The highest BCUT2D eigenvalue weighted by atomic mass is 127. The number of halogens is 4. The standard InChI is InChI=1S/C15H19F3N6.HI/c16-15(17,18)10-6-7-12-22-23-13(24(12)9-10)8-20-14(19)21-11-4-2-1-3-5-11;/h6-7,9,11H,1-5,8H2,(H3,19,20,21);1H. The molecule has 0 bridgehead atoms.